The molecule has 0 aliphatic carbocycles. The molecule has 1 rings (SSSR count). The zero-order chi connectivity index (χ0) is 10.4. The topological polar surface area (TPSA) is 41.1 Å². The van der Waals surface area contributed by atoms with E-state index in [-0.39, 0.29) is 11.8 Å². The van der Waals surface area contributed by atoms with Gasteiger partial charge in [-0.3, -0.25) is 4.79 Å². The van der Waals surface area contributed by atoms with Crippen molar-refractivity contribution in [3.05, 3.63) is 0 Å². The second-order valence-electron chi connectivity index (χ2n) is 4.24. The zero-order valence-electron chi connectivity index (χ0n) is 9.31. The molecule has 0 aromatic heterocycles. The highest BCUT2D eigenvalue weighted by Crippen LogP contribution is 2.10. The van der Waals surface area contributed by atoms with Gasteiger partial charge in [0.25, 0.3) is 0 Å². The highest BCUT2D eigenvalue weighted by atomic mass is 16.1. The number of rotatable bonds is 4. The molecule has 2 atom stereocenters. The second-order valence-corrected chi connectivity index (χ2v) is 4.24. The summed E-state index contributed by atoms with van der Waals surface area (Å²) in [5, 5.41) is 6.33. The van der Waals surface area contributed by atoms with Crippen LogP contribution in [0.4, 0.5) is 0 Å². The maximum absolute atomic E-state index is 11.7. The van der Waals surface area contributed by atoms with E-state index in [0.29, 0.717) is 6.04 Å². The maximum Gasteiger partial charge on any atom is 0.224 e. The van der Waals surface area contributed by atoms with Gasteiger partial charge < -0.3 is 10.6 Å². The molecule has 0 bridgehead atoms. The number of hydrogen-bond donors (Lipinski definition) is 2. The number of nitrogens with one attached hydrogen (secondary N) is 2. The standard InChI is InChI=1S/C11H22N2O/c1-3-5-9(2)13-11(14)10-6-4-7-12-8-10/h9-10,12H,3-8H2,1-2H3,(H,13,14)/t9-,10+/m0/s1. The van der Waals surface area contributed by atoms with Crippen molar-refractivity contribution in [2.45, 2.75) is 45.6 Å². The molecule has 1 aliphatic heterocycles. The molecule has 0 unspecified atom stereocenters. The van der Waals surface area contributed by atoms with Crippen molar-refractivity contribution in [3.63, 3.8) is 0 Å². The lowest BCUT2D eigenvalue weighted by molar-refractivity contribution is -0.126. The second kappa shape index (κ2) is 6.02. The summed E-state index contributed by atoms with van der Waals surface area (Å²) in [4.78, 5) is 11.7. The SMILES string of the molecule is CCC[C@H](C)NC(=O)[C@@H]1CCCNC1. The lowest BCUT2D eigenvalue weighted by Gasteiger charge is -2.23. The molecule has 1 fully saturated rings. The molecule has 0 spiro atoms. The van der Waals surface area contributed by atoms with Crippen LogP contribution in [0, 0.1) is 5.92 Å². The van der Waals surface area contributed by atoms with Gasteiger partial charge in [-0.15, -0.1) is 0 Å². The van der Waals surface area contributed by atoms with Crippen molar-refractivity contribution in [2.24, 2.45) is 5.92 Å². The molecule has 1 amide bonds. The third-order valence-corrected chi connectivity index (χ3v) is 2.78. The summed E-state index contributed by atoms with van der Waals surface area (Å²) in [6, 6.07) is 0.328. The quantitative estimate of drug-likeness (QED) is 0.714. The minimum Gasteiger partial charge on any atom is -0.353 e. The maximum atomic E-state index is 11.7. The van der Waals surface area contributed by atoms with Crippen molar-refractivity contribution >= 4 is 5.91 Å². The van der Waals surface area contributed by atoms with Crippen LogP contribution < -0.4 is 10.6 Å². The Morgan fingerprint density at radius 3 is 3.00 bits per heavy atom. The zero-order valence-corrected chi connectivity index (χ0v) is 9.31. The highest BCUT2D eigenvalue weighted by molar-refractivity contribution is 5.79. The molecule has 1 heterocycles. The molecule has 1 aliphatic rings. The summed E-state index contributed by atoms with van der Waals surface area (Å²) in [6.45, 7) is 6.14. The van der Waals surface area contributed by atoms with Gasteiger partial charge in [0.05, 0.1) is 5.92 Å². The Balaban J connectivity index is 2.25. The van der Waals surface area contributed by atoms with Crippen molar-refractivity contribution in [1.82, 2.24) is 10.6 Å². The Kier molecular flexibility index (Phi) is 4.94. The number of carbonyl (C=O) groups excluding carboxylic acids is 1. The predicted molar refractivity (Wildman–Crippen MR) is 58.1 cm³/mol. The smallest absolute Gasteiger partial charge is 0.224 e. The van der Waals surface area contributed by atoms with Crippen molar-refractivity contribution < 1.29 is 4.79 Å². The molecular formula is C11H22N2O. The van der Waals surface area contributed by atoms with Gasteiger partial charge in [-0.25, -0.2) is 0 Å². The highest BCUT2D eigenvalue weighted by Gasteiger charge is 2.21. The largest absolute Gasteiger partial charge is 0.353 e. The molecule has 14 heavy (non-hydrogen) atoms. The van der Waals surface area contributed by atoms with Crippen molar-refractivity contribution in [2.75, 3.05) is 13.1 Å². The Morgan fingerprint density at radius 2 is 2.43 bits per heavy atom. The molecule has 3 heteroatoms. The van der Waals surface area contributed by atoms with Crippen LogP contribution in [-0.4, -0.2) is 25.0 Å². The molecule has 0 radical (unpaired) electrons. The number of amides is 1. The minimum atomic E-state index is 0.197. The predicted octanol–water partition coefficient (Wildman–Crippen LogP) is 1.29. The monoisotopic (exact) mass is 198 g/mol. The van der Waals surface area contributed by atoms with Gasteiger partial charge in [0.15, 0.2) is 0 Å². The number of piperidine rings is 1. The average molecular weight is 198 g/mol. The van der Waals surface area contributed by atoms with Gasteiger partial charge in [0.2, 0.25) is 5.91 Å². The van der Waals surface area contributed by atoms with E-state index in [2.05, 4.69) is 24.5 Å². The van der Waals surface area contributed by atoms with Crippen molar-refractivity contribution in [3.8, 4) is 0 Å². The summed E-state index contributed by atoms with van der Waals surface area (Å²) in [7, 11) is 0. The summed E-state index contributed by atoms with van der Waals surface area (Å²) >= 11 is 0. The average Bonchev–Trinajstić information content (AvgIpc) is 2.19. The van der Waals surface area contributed by atoms with E-state index in [1.54, 1.807) is 0 Å². The van der Waals surface area contributed by atoms with E-state index in [9.17, 15) is 4.79 Å². The Bertz CT molecular complexity index is 176. The molecule has 3 nitrogen and oxygen atoms in total. The van der Waals surface area contributed by atoms with Crippen LogP contribution in [0.25, 0.3) is 0 Å². The number of hydrogen-bond acceptors (Lipinski definition) is 2. The first-order valence-corrected chi connectivity index (χ1v) is 5.75. The van der Waals surface area contributed by atoms with Crippen LogP contribution in [0.3, 0.4) is 0 Å². The van der Waals surface area contributed by atoms with Crippen molar-refractivity contribution in [1.29, 1.82) is 0 Å². The summed E-state index contributed by atoms with van der Waals surface area (Å²) < 4.78 is 0. The van der Waals surface area contributed by atoms with Crippen LogP contribution in [0.1, 0.15) is 39.5 Å². The minimum absolute atomic E-state index is 0.197. The summed E-state index contributed by atoms with van der Waals surface area (Å²) in [5.41, 5.74) is 0. The van der Waals surface area contributed by atoms with E-state index in [1.807, 2.05) is 0 Å². The van der Waals surface area contributed by atoms with Crippen LogP contribution in [0.15, 0.2) is 0 Å². The molecular weight excluding hydrogens is 176 g/mol. The van der Waals surface area contributed by atoms with E-state index in [1.165, 1.54) is 0 Å². The summed E-state index contributed by atoms with van der Waals surface area (Å²) in [6.07, 6.45) is 4.37. The Morgan fingerprint density at radius 1 is 1.64 bits per heavy atom. The lowest BCUT2D eigenvalue weighted by atomic mass is 9.98. The van der Waals surface area contributed by atoms with E-state index in [4.69, 9.17) is 0 Å². The fourth-order valence-corrected chi connectivity index (χ4v) is 1.94. The van der Waals surface area contributed by atoms with Gasteiger partial charge >= 0.3 is 0 Å². The fourth-order valence-electron chi connectivity index (χ4n) is 1.94. The van der Waals surface area contributed by atoms with Gasteiger partial charge in [-0.05, 0) is 32.7 Å². The molecule has 2 N–H and O–H groups in total. The normalized spacial score (nSPS) is 24.3. The molecule has 0 saturated carbocycles. The van der Waals surface area contributed by atoms with Crippen LogP contribution in [0.5, 0.6) is 0 Å². The fraction of sp³-hybridized carbons (Fsp3) is 0.909. The molecule has 82 valence electrons. The van der Waals surface area contributed by atoms with Gasteiger partial charge in [-0.2, -0.15) is 0 Å². The van der Waals surface area contributed by atoms with Gasteiger partial charge in [0.1, 0.15) is 0 Å². The van der Waals surface area contributed by atoms with Crippen LogP contribution in [0.2, 0.25) is 0 Å². The molecule has 0 aromatic carbocycles. The third-order valence-electron chi connectivity index (χ3n) is 2.78. The lowest BCUT2D eigenvalue weighted by Crippen LogP contribution is -2.43. The third kappa shape index (κ3) is 3.66. The van der Waals surface area contributed by atoms with Crippen LogP contribution >= 0.6 is 0 Å². The number of carbonyl (C=O) groups is 1. The Labute approximate surface area is 86.6 Å². The first kappa shape index (κ1) is 11.5. The summed E-state index contributed by atoms with van der Waals surface area (Å²) in [5.74, 6) is 0.432. The Hall–Kier alpha value is -0.570. The first-order chi connectivity index (χ1) is 6.74. The first-order valence-electron chi connectivity index (χ1n) is 5.75. The molecule has 1 saturated heterocycles. The van der Waals surface area contributed by atoms with E-state index < -0.39 is 0 Å². The van der Waals surface area contributed by atoms with Crippen LogP contribution in [-0.2, 0) is 4.79 Å². The van der Waals surface area contributed by atoms with Gasteiger partial charge in [-0.1, -0.05) is 13.3 Å². The molecule has 0 aromatic rings. The van der Waals surface area contributed by atoms with E-state index in [0.717, 1.165) is 38.8 Å². The van der Waals surface area contributed by atoms with E-state index >= 15 is 0 Å². The van der Waals surface area contributed by atoms with Gasteiger partial charge in [0, 0.05) is 12.6 Å².